The Morgan fingerprint density at radius 3 is 2.56 bits per heavy atom. The van der Waals surface area contributed by atoms with Gasteiger partial charge in [-0.2, -0.15) is 0 Å². The van der Waals surface area contributed by atoms with Crippen molar-refractivity contribution in [3.8, 4) is 0 Å². The lowest BCUT2D eigenvalue weighted by Crippen LogP contribution is -1.89. The van der Waals surface area contributed by atoms with Crippen molar-refractivity contribution in [3.63, 3.8) is 0 Å². The Labute approximate surface area is 64.3 Å². The summed E-state index contributed by atoms with van der Waals surface area (Å²) in [6.45, 7) is 5.68. The van der Waals surface area contributed by atoms with Gasteiger partial charge < -0.3 is 0 Å². The predicted octanol–water partition coefficient (Wildman–Crippen LogP) is 2.65. The number of hydrogen-bond acceptors (Lipinski definition) is 1. The minimum Gasteiger partial charge on any atom is -0.281 e. The van der Waals surface area contributed by atoms with E-state index in [0.717, 1.165) is 19.3 Å². The van der Waals surface area contributed by atoms with Crippen LogP contribution in [0.2, 0.25) is 0 Å². The molecule has 0 rings (SSSR count). The summed E-state index contributed by atoms with van der Waals surface area (Å²) >= 11 is 2.83. The van der Waals surface area contributed by atoms with Crippen LogP contribution in [0.4, 0.5) is 0 Å². The van der Waals surface area contributed by atoms with Crippen LogP contribution in [-0.2, 0) is 4.79 Å². The molecule has 9 heavy (non-hydrogen) atoms. The number of allylic oxidation sites excluding steroid dienone is 1. The Morgan fingerprint density at radius 2 is 2.22 bits per heavy atom. The van der Waals surface area contributed by atoms with Crippen LogP contribution in [0, 0.1) is 0 Å². The third-order valence-corrected chi connectivity index (χ3v) is 1.67. The van der Waals surface area contributed by atoms with Crippen LogP contribution in [0.25, 0.3) is 0 Å². The standard InChI is InChI=1S/C7H11BrO/c1-3-4-5-6(2)7(8)9/h2-5H2,1H3. The van der Waals surface area contributed by atoms with Crippen molar-refractivity contribution < 1.29 is 4.79 Å². The van der Waals surface area contributed by atoms with Crippen molar-refractivity contribution in [1.29, 1.82) is 0 Å². The molecule has 0 atom stereocenters. The quantitative estimate of drug-likeness (QED) is 0.493. The van der Waals surface area contributed by atoms with E-state index in [-0.39, 0.29) is 4.69 Å². The average Bonchev–Trinajstić information content (AvgIpc) is 1.82. The molecule has 0 aromatic rings. The molecule has 1 nitrogen and oxygen atoms in total. The van der Waals surface area contributed by atoms with E-state index < -0.39 is 0 Å². The molecule has 2 heteroatoms. The third-order valence-electron chi connectivity index (χ3n) is 1.11. The highest BCUT2D eigenvalue weighted by atomic mass is 79.9. The van der Waals surface area contributed by atoms with Gasteiger partial charge in [-0.3, -0.25) is 4.79 Å². The van der Waals surface area contributed by atoms with Gasteiger partial charge in [0.2, 0.25) is 4.69 Å². The summed E-state index contributed by atoms with van der Waals surface area (Å²) in [6, 6.07) is 0. The second-order valence-corrected chi connectivity index (χ2v) is 2.70. The van der Waals surface area contributed by atoms with Crippen LogP contribution in [0.5, 0.6) is 0 Å². The van der Waals surface area contributed by atoms with Gasteiger partial charge in [-0.25, -0.2) is 0 Å². The predicted molar refractivity (Wildman–Crippen MR) is 42.6 cm³/mol. The summed E-state index contributed by atoms with van der Waals surface area (Å²) in [5, 5.41) is 0. The molecule has 0 saturated carbocycles. The Balaban J connectivity index is 3.39. The molecule has 0 radical (unpaired) electrons. The number of rotatable bonds is 4. The molecule has 52 valence electrons. The smallest absolute Gasteiger partial charge is 0.223 e. The fourth-order valence-electron chi connectivity index (χ4n) is 0.488. The normalized spacial score (nSPS) is 9.11. The van der Waals surface area contributed by atoms with E-state index in [4.69, 9.17) is 0 Å². The highest BCUT2D eigenvalue weighted by molar-refractivity contribution is 9.18. The molecule has 0 heterocycles. The summed E-state index contributed by atoms with van der Waals surface area (Å²) in [4.78, 5) is 10.5. The maximum atomic E-state index is 10.5. The van der Waals surface area contributed by atoms with Gasteiger partial charge in [-0.15, -0.1) is 0 Å². The Hall–Kier alpha value is -0.110. The first-order valence-electron chi connectivity index (χ1n) is 3.06. The maximum Gasteiger partial charge on any atom is 0.223 e. The largest absolute Gasteiger partial charge is 0.281 e. The molecule has 0 aromatic carbocycles. The summed E-state index contributed by atoms with van der Waals surface area (Å²) in [6.07, 6.45) is 2.98. The Bertz CT molecular complexity index is 118. The Kier molecular flexibility index (Phi) is 4.68. The van der Waals surface area contributed by atoms with E-state index >= 15 is 0 Å². The number of carbonyl (C=O) groups is 1. The first-order valence-corrected chi connectivity index (χ1v) is 3.85. The van der Waals surface area contributed by atoms with Crippen molar-refractivity contribution in [2.75, 3.05) is 0 Å². The lowest BCUT2D eigenvalue weighted by Gasteiger charge is -1.95. The van der Waals surface area contributed by atoms with Gasteiger partial charge in [-0.1, -0.05) is 19.9 Å². The van der Waals surface area contributed by atoms with Gasteiger partial charge in [0, 0.05) is 0 Å². The van der Waals surface area contributed by atoms with Gasteiger partial charge in [0.15, 0.2) is 0 Å². The lowest BCUT2D eigenvalue weighted by atomic mass is 10.1. The van der Waals surface area contributed by atoms with Gasteiger partial charge in [0.25, 0.3) is 0 Å². The second kappa shape index (κ2) is 4.74. The highest BCUT2D eigenvalue weighted by Crippen LogP contribution is 2.08. The van der Waals surface area contributed by atoms with E-state index in [1.807, 2.05) is 0 Å². The fraction of sp³-hybridized carbons (Fsp3) is 0.571. The number of carbonyl (C=O) groups excluding carboxylic acids is 1. The minimum absolute atomic E-state index is 0.0593. The van der Waals surface area contributed by atoms with Crippen LogP contribution in [-0.4, -0.2) is 4.69 Å². The first-order chi connectivity index (χ1) is 4.18. The molecule has 0 amide bonds. The van der Waals surface area contributed by atoms with Gasteiger partial charge in [0.05, 0.1) is 0 Å². The Morgan fingerprint density at radius 1 is 1.67 bits per heavy atom. The van der Waals surface area contributed by atoms with Crippen LogP contribution in [0.1, 0.15) is 26.2 Å². The van der Waals surface area contributed by atoms with Crippen molar-refractivity contribution in [2.45, 2.75) is 26.2 Å². The summed E-state index contributed by atoms with van der Waals surface area (Å²) in [5.41, 5.74) is 0.678. The lowest BCUT2D eigenvalue weighted by molar-refractivity contribution is -0.107. The first kappa shape index (κ1) is 8.89. The average molecular weight is 191 g/mol. The molecule has 0 N–H and O–H groups in total. The summed E-state index contributed by atoms with van der Waals surface area (Å²) < 4.78 is -0.0593. The molecular weight excluding hydrogens is 180 g/mol. The van der Waals surface area contributed by atoms with Crippen molar-refractivity contribution in [2.24, 2.45) is 0 Å². The van der Waals surface area contributed by atoms with Gasteiger partial charge in [-0.05, 0) is 34.3 Å². The maximum absolute atomic E-state index is 10.5. The fourth-order valence-corrected chi connectivity index (χ4v) is 0.687. The summed E-state index contributed by atoms with van der Waals surface area (Å²) in [5.74, 6) is 0. The van der Waals surface area contributed by atoms with E-state index in [2.05, 4.69) is 29.4 Å². The van der Waals surface area contributed by atoms with E-state index in [1.165, 1.54) is 0 Å². The van der Waals surface area contributed by atoms with Crippen LogP contribution in [0.15, 0.2) is 12.2 Å². The van der Waals surface area contributed by atoms with Crippen LogP contribution in [0.3, 0.4) is 0 Å². The molecule has 0 fully saturated rings. The van der Waals surface area contributed by atoms with Crippen molar-refractivity contribution >= 4 is 20.6 Å². The molecule has 0 aliphatic carbocycles. The zero-order valence-corrected chi connectivity index (χ0v) is 7.20. The molecule has 0 bridgehead atoms. The number of hydrogen-bond donors (Lipinski definition) is 0. The minimum atomic E-state index is -0.0593. The van der Waals surface area contributed by atoms with Gasteiger partial charge >= 0.3 is 0 Å². The molecule has 0 aromatic heterocycles. The summed E-state index contributed by atoms with van der Waals surface area (Å²) in [7, 11) is 0. The molecule has 0 aliphatic heterocycles. The second-order valence-electron chi connectivity index (χ2n) is 1.98. The van der Waals surface area contributed by atoms with Crippen LogP contribution < -0.4 is 0 Å². The molecule has 0 unspecified atom stereocenters. The molecule has 0 saturated heterocycles. The number of halogens is 1. The monoisotopic (exact) mass is 190 g/mol. The van der Waals surface area contributed by atoms with Crippen molar-refractivity contribution in [3.05, 3.63) is 12.2 Å². The van der Waals surface area contributed by atoms with Crippen LogP contribution >= 0.6 is 15.9 Å². The SMILES string of the molecule is C=C(CCCC)C(=O)Br. The number of unbranched alkanes of at least 4 members (excludes halogenated alkanes) is 1. The highest BCUT2D eigenvalue weighted by Gasteiger charge is 1.99. The van der Waals surface area contributed by atoms with Crippen molar-refractivity contribution in [1.82, 2.24) is 0 Å². The van der Waals surface area contributed by atoms with E-state index in [9.17, 15) is 4.79 Å². The zero-order valence-electron chi connectivity index (χ0n) is 5.61. The molecular formula is C7H11BrO. The molecule has 0 aliphatic rings. The van der Waals surface area contributed by atoms with E-state index in [0.29, 0.717) is 5.57 Å². The van der Waals surface area contributed by atoms with Gasteiger partial charge in [0.1, 0.15) is 0 Å². The topological polar surface area (TPSA) is 17.1 Å². The zero-order chi connectivity index (χ0) is 7.28. The van der Waals surface area contributed by atoms with E-state index in [1.54, 1.807) is 0 Å². The molecule has 0 spiro atoms. The third kappa shape index (κ3) is 4.40.